The molecule has 1 nitrogen and oxygen atoms in total. The van der Waals surface area contributed by atoms with Gasteiger partial charge < -0.3 is 4.74 Å². The lowest BCUT2D eigenvalue weighted by Gasteiger charge is -2.09. The second-order valence-electron chi connectivity index (χ2n) is 4.68. The van der Waals surface area contributed by atoms with Crippen molar-refractivity contribution in [1.82, 2.24) is 0 Å². The Morgan fingerprint density at radius 3 is 2.48 bits per heavy atom. The molecule has 0 aliphatic carbocycles. The molecule has 0 fully saturated rings. The molecular weight excluding hydrogens is 371 g/mol. The summed E-state index contributed by atoms with van der Waals surface area (Å²) in [6.07, 6.45) is 0. The number of ether oxygens (including phenoxy) is 1. The van der Waals surface area contributed by atoms with Gasteiger partial charge in [0.15, 0.2) is 0 Å². The number of rotatable bonds is 3. The first-order valence-electron chi connectivity index (χ1n) is 6.38. The zero-order chi connectivity index (χ0) is 14.8. The second-order valence-corrected chi connectivity index (χ2v) is 6.44. The van der Waals surface area contributed by atoms with Crippen LogP contribution in [0, 0.1) is 0 Å². The van der Waals surface area contributed by atoms with E-state index in [0.29, 0.717) is 16.7 Å². The van der Waals surface area contributed by atoms with E-state index < -0.39 is 0 Å². The van der Waals surface area contributed by atoms with Crippen molar-refractivity contribution in [1.29, 1.82) is 0 Å². The van der Waals surface area contributed by atoms with E-state index in [1.807, 2.05) is 30.3 Å². The minimum atomic E-state index is 0.390. The molecule has 21 heavy (non-hydrogen) atoms. The fourth-order valence-electron chi connectivity index (χ4n) is 2.10. The highest BCUT2D eigenvalue weighted by Crippen LogP contribution is 2.26. The van der Waals surface area contributed by atoms with E-state index in [9.17, 15) is 0 Å². The van der Waals surface area contributed by atoms with Gasteiger partial charge in [-0.15, -0.1) is 0 Å². The summed E-state index contributed by atoms with van der Waals surface area (Å²) in [4.78, 5) is 0. The highest BCUT2D eigenvalue weighted by atomic mass is 79.9. The number of halogens is 3. The molecule has 0 saturated heterocycles. The van der Waals surface area contributed by atoms with Gasteiger partial charge in [-0.1, -0.05) is 51.3 Å². The summed E-state index contributed by atoms with van der Waals surface area (Å²) >= 11 is 15.6. The Morgan fingerprint density at radius 1 is 0.857 bits per heavy atom. The molecular formula is C17H11BrCl2O. The lowest BCUT2D eigenvalue weighted by atomic mass is 10.1. The first-order chi connectivity index (χ1) is 10.1. The quantitative estimate of drug-likeness (QED) is 0.503. The number of benzene rings is 3. The molecule has 0 aromatic heterocycles. The molecule has 0 saturated carbocycles. The molecule has 0 heterocycles. The Morgan fingerprint density at radius 2 is 1.62 bits per heavy atom. The average Bonchev–Trinajstić information content (AvgIpc) is 2.48. The van der Waals surface area contributed by atoms with Crippen molar-refractivity contribution < 1.29 is 4.74 Å². The molecule has 3 aromatic carbocycles. The van der Waals surface area contributed by atoms with E-state index in [1.54, 1.807) is 12.1 Å². The van der Waals surface area contributed by atoms with Crippen LogP contribution in [-0.2, 0) is 6.61 Å². The van der Waals surface area contributed by atoms with Crippen LogP contribution in [0.4, 0.5) is 0 Å². The normalized spacial score (nSPS) is 10.8. The van der Waals surface area contributed by atoms with E-state index in [2.05, 4.69) is 28.1 Å². The van der Waals surface area contributed by atoms with Gasteiger partial charge in [0.1, 0.15) is 12.4 Å². The Hall–Kier alpha value is -1.22. The second kappa shape index (κ2) is 6.27. The molecule has 0 aliphatic heterocycles. The molecule has 0 amide bonds. The van der Waals surface area contributed by atoms with Gasteiger partial charge >= 0.3 is 0 Å². The molecule has 106 valence electrons. The zero-order valence-corrected chi connectivity index (χ0v) is 14.0. The molecule has 3 aromatic rings. The van der Waals surface area contributed by atoms with Crippen molar-refractivity contribution in [3.63, 3.8) is 0 Å². The Bertz CT molecular complexity index is 802. The van der Waals surface area contributed by atoms with Crippen LogP contribution in [0.25, 0.3) is 10.8 Å². The maximum atomic E-state index is 6.13. The largest absolute Gasteiger partial charge is 0.489 e. The highest BCUT2D eigenvalue weighted by Gasteiger charge is 2.04. The minimum Gasteiger partial charge on any atom is -0.489 e. The fourth-order valence-corrected chi connectivity index (χ4v) is 2.85. The van der Waals surface area contributed by atoms with Crippen molar-refractivity contribution in [2.24, 2.45) is 0 Å². The van der Waals surface area contributed by atoms with Crippen LogP contribution in [0.5, 0.6) is 5.75 Å². The topological polar surface area (TPSA) is 9.23 Å². The maximum Gasteiger partial charge on any atom is 0.120 e. The Kier molecular flexibility index (Phi) is 4.39. The van der Waals surface area contributed by atoms with Gasteiger partial charge in [0.2, 0.25) is 0 Å². The third-order valence-electron chi connectivity index (χ3n) is 3.18. The van der Waals surface area contributed by atoms with Crippen LogP contribution in [0.1, 0.15) is 5.56 Å². The summed E-state index contributed by atoms with van der Waals surface area (Å²) in [7, 11) is 0. The summed E-state index contributed by atoms with van der Waals surface area (Å²) < 4.78 is 6.88. The van der Waals surface area contributed by atoms with Crippen LogP contribution in [-0.4, -0.2) is 0 Å². The number of fused-ring (bicyclic) bond motifs is 1. The monoisotopic (exact) mass is 380 g/mol. The van der Waals surface area contributed by atoms with Crippen LogP contribution < -0.4 is 4.74 Å². The fraction of sp³-hybridized carbons (Fsp3) is 0.0588. The van der Waals surface area contributed by atoms with E-state index in [4.69, 9.17) is 27.9 Å². The third-order valence-corrected chi connectivity index (χ3v) is 4.27. The van der Waals surface area contributed by atoms with Crippen molar-refractivity contribution in [3.05, 3.63) is 74.7 Å². The van der Waals surface area contributed by atoms with Gasteiger partial charge in [-0.2, -0.15) is 0 Å². The van der Waals surface area contributed by atoms with Gasteiger partial charge in [-0.3, -0.25) is 0 Å². The minimum absolute atomic E-state index is 0.390. The lowest BCUT2D eigenvalue weighted by molar-refractivity contribution is 0.307. The molecule has 0 N–H and O–H groups in total. The predicted octanol–water partition coefficient (Wildman–Crippen LogP) is 6.49. The van der Waals surface area contributed by atoms with Crippen molar-refractivity contribution >= 4 is 49.9 Å². The smallest absolute Gasteiger partial charge is 0.120 e. The van der Waals surface area contributed by atoms with Gasteiger partial charge in [0.25, 0.3) is 0 Å². The lowest BCUT2D eigenvalue weighted by Crippen LogP contribution is -1.96. The molecule has 0 atom stereocenters. The standard InChI is InChI=1S/C17H11BrCl2O/c18-14-3-1-12-9-16(5-2-11(12)7-14)21-10-13-8-15(19)4-6-17(13)20/h1-9H,10H2. The van der Waals surface area contributed by atoms with Crippen LogP contribution in [0.3, 0.4) is 0 Å². The predicted molar refractivity (Wildman–Crippen MR) is 92.4 cm³/mol. The molecule has 4 heteroatoms. The van der Waals surface area contributed by atoms with Crippen LogP contribution in [0.15, 0.2) is 59.1 Å². The van der Waals surface area contributed by atoms with E-state index in [-0.39, 0.29) is 0 Å². The molecule has 0 radical (unpaired) electrons. The summed E-state index contributed by atoms with van der Waals surface area (Å²) in [5, 5.41) is 3.61. The molecule has 0 spiro atoms. The van der Waals surface area contributed by atoms with Crippen molar-refractivity contribution in [2.45, 2.75) is 6.61 Å². The summed E-state index contributed by atoms with van der Waals surface area (Å²) in [5.41, 5.74) is 0.875. The van der Waals surface area contributed by atoms with Gasteiger partial charge in [0, 0.05) is 20.1 Å². The Balaban J connectivity index is 1.82. The molecule has 0 aliphatic rings. The van der Waals surface area contributed by atoms with Crippen molar-refractivity contribution in [2.75, 3.05) is 0 Å². The SMILES string of the molecule is Clc1ccc(Cl)c(COc2ccc3cc(Br)ccc3c2)c1. The third kappa shape index (κ3) is 3.52. The van der Waals surface area contributed by atoms with E-state index in [0.717, 1.165) is 26.6 Å². The highest BCUT2D eigenvalue weighted by molar-refractivity contribution is 9.10. The van der Waals surface area contributed by atoms with Gasteiger partial charge in [0.05, 0.1) is 0 Å². The molecule has 0 bridgehead atoms. The molecule has 3 rings (SSSR count). The Labute approximate surface area is 141 Å². The van der Waals surface area contributed by atoms with Crippen LogP contribution >= 0.6 is 39.1 Å². The number of hydrogen-bond donors (Lipinski definition) is 0. The summed E-state index contributed by atoms with van der Waals surface area (Å²) in [6.45, 7) is 0.390. The first-order valence-corrected chi connectivity index (χ1v) is 7.93. The maximum absolute atomic E-state index is 6.13. The summed E-state index contributed by atoms with van der Waals surface area (Å²) in [5.74, 6) is 0.806. The molecule has 0 unspecified atom stereocenters. The van der Waals surface area contributed by atoms with Crippen molar-refractivity contribution in [3.8, 4) is 5.75 Å². The van der Waals surface area contributed by atoms with E-state index >= 15 is 0 Å². The average molecular weight is 382 g/mol. The van der Waals surface area contributed by atoms with Gasteiger partial charge in [-0.25, -0.2) is 0 Å². The van der Waals surface area contributed by atoms with Crippen LogP contribution in [0.2, 0.25) is 10.0 Å². The first kappa shape index (κ1) is 14.7. The van der Waals surface area contributed by atoms with Gasteiger partial charge in [-0.05, 0) is 53.2 Å². The number of hydrogen-bond acceptors (Lipinski definition) is 1. The zero-order valence-electron chi connectivity index (χ0n) is 10.9. The summed E-state index contributed by atoms with van der Waals surface area (Å²) in [6, 6.07) is 17.5. The van der Waals surface area contributed by atoms with E-state index in [1.165, 1.54) is 0 Å².